The second kappa shape index (κ2) is 5.35. The summed E-state index contributed by atoms with van der Waals surface area (Å²) in [4.78, 5) is 0. The topological polar surface area (TPSA) is 88.5 Å². The van der Waals surface area contributed by atoms with E-state index in [-0.39, 0.29) is 5.84 Å². The summed E-state index contributed by atoms with van der Waals surface area (Å²) in [5.41, 5.74) is 7.52. The van der Waals surface area contributed by atoms with E-state index in [0.29, 0.717) is 13.0 Å². The maximum absolute atomic E-state index is 8.32. The zero-order valence-corrected chi connectivity index (χ0v) is 9.06. The van der Waals surface area contributed by atoms with Crippen molar-refractivity contribution in [3.8, 4) is 0 Å². The average Bonchev–Trinajstić information content (AvgIpc) is 2.52. The second-order valence-corrected chi connectivity index (χ2v) is 3.43. The van der Waals surface area contributed by atoms with E-state index in [4.69, 9.17) is 10.9 Å². The molecule has 6 heteroatoms. The van der Waals surface area contributed by atoms with E-state index >= 15 is 0 Å². The maximum atomic E-state index is 8.32. The molecular formula is C9H17N5O. The minimum Gasteiger partial charge on any atom is -0.409 e. The highest BCUT2D eigenvalue weighted by Gasteiger charge is 2.01. The van der Waals surface area contributed by atoms with Gasteiger partial charge in [0.25, 0.3) is 0 Å². The number of nitrogens with one attached hydrogen (secondary N) is 1. The molecule has 0 aliphatic heterocycles. The van der Waals surface area contributed by atoms with Gasteiger partial charge in [0.05, 0.1) is 5.69 Å². The molecule has 0 aromatic carbocycles. The Labute approximate surface area is 88.8 Å². The van der Waals surface area contributed by atoms with Crippen molar-refractivity contribution in [3.63, 3.8) is 0 Å². The highest BCUT2D eigenvalue weighted by molar-refractivity contribution is 5.79. The van der Waals surface area contributed by atoms with Crippen molar-refractivity contribution in [1.82, 2.24) is 15.1 Å². The molecule has 0 aliphatic rings. The van der Waals surface area contributed by atoms with Crippen LogP contribution in [0, 0.1) is 6.92 Å². The Bertz CT molecular complexity index is 344. The van der Waals surface area contributed by atoms with Crippen LogP contribution in [0.1, 0.15) is 17.7 Å². The van der Waals surface area contributed by atoms with Crippen LogP contribution in [-0.2, 0) is 13.6 Å². The van der Waals surface area contributed by atoms with Crippen LogP contribution in [0.3, 0.4) is 0 Å². The molecule has 1 heterocycles. The first-order chi connectivity index (χ1) is 7.13. The Kier molecular flexibility index (Phi) is 4.11. The second-order valence-electron chi connectivity index (χ2n) is 3.43. The fraction of sp³-hybridized carbons (Fsp3) is 0.556. The first-order valence-electron chi connectivity index (χ1n) is 4.79. The molecule has 0 fully saturated rings. The summed E-state index contributed by atoms with van der Waals surface area (Å²) in [6.45, 7) is 3.41. The van der Waals surface area contributed by atoms with Gasteiger partial charge in [0, 0.05) is 38.3 Å². The van der Waals surface area contributed by atoms with E-state index in [1.165, 1.54) is 0 Å². The van der Waals surface area contributed by atoms with Gasteiger partial charge >= 0.3 is 0 Å². The third-order valence-electron chi connectivity index (χ3n) is 2.12. The van der Waals surface area contributed by atoms with Gasteiger partial charge in [-0.1, -0.05) is 5.16 Å². The first-order valence-corrected chi connectivity index (χ1v) is 4.79. The molecule has 0 radical (unpaired) electrons. The van der Waals surface area contributed by atoms with Crippen LogP contribution in [-0.4, -0.2) is 27.4 Å². The molecular weight excluding hydrogens is 194 g/mol. The fourth-order valence-corrected chi connectivity index (χ4v) is 1.31. The SMILES string of the molecule is Cc1nn(C)cc1CNCC/C(N)=N/O. The third-order valence-corrected chi connectivity index (χ3v) is 2.12. The van der Waals surface area contributed by atoms with Crippen LogP contribution >= 0.6 is 0 Å². The predicted octanol–water partition coefficient (Wildman–Crippen LogP) is -0.0454. The molecule has 84 valence electrons. The first kappa shape index (κ1) is 11.5. The van der Waals surface area contributed by atoms with E-state index in [2.05, 4.69) is 15.6 Å². The number of hydrogen-bond donors (Lipinski definition) is 3. The van der Waals surface area contributed by atoms with Gasteiger partial charge in [-0.05, 0) is 6.92 Å². The standard InChI is InChI=1S/C9H17N5O/c1-7-8(6-14(2)12-7)5-11-4-3-9(10)13-15/h6,11,15H,3-5H2,1-2H3,(H2,10,13). The quantitative estimate of drug-likeness (QED) is 0.209. The van der Waals surface area contributed by atoms with Gasteiger partial charge in [-0.15, -0.1) is 0 Å². The Morgan fingerprint density at radius 1 is 1.73 bits per heavy atom. The van der Waals surface area contributed by atoms with Crippen LogP contribution in [0.4, 0.5) is 0 Å². The molecule has 1 aromatic rings. The highest BCUT2D eigenvalue weighted by Crippen LogP contribution is 2.03. The number of nitrogens with two attached hydrogens (primary N) is 1. The van der Waals surface area contributed by atoms with Crippen molar-refractivity contribution in [1.29, 1.82) is 0 Å². The fourth-order valence-electron chi connectivity index (χ4n) is 1.31. The monoisotopic (exact) mass is 211 g/mol. The predicted molar refractivity (Wildman–Crippen MR) is 57.7 cm³/mol. The number of hydrogen-bond acceptors (Lipinski definition) is 4. The van der Waals surface area contributed by atoms with Crippen LogP contribution < -0.4 is 11.1 Å². The summed E-state index contributed by atoms with van der Waals surface area (Å²) in [6.07, 6.45) is 2.52. The maximum Gasteiger partial charge on any atom is 0.140 e. The molecule has 0 aliphatic carbocycles. The summed E-state index contributed by atoms with van der Waals surface area (Å²) < 4.78 is 1.79. The van der Waals surface area contributed by atoms with E-state index in [1.54, 1.807) is 4.68 Å². The molecule has 0 saturated heterocycles. The molecule has 0 saturated carbocycles. The minimum absolute atomic E-state index is 0.241. The summed E-state index contributed by atoms with van der Waals surface area (Å²) in [6, 6.07) is 0. The summed E-state index contributed by atoms with van der Waals surface area (Å²) in [7, 11) is 1.90. The lowest BCUT2D eigenvalue weighted by Crippen LogP contribution is -2.22. The van der Waals surface area contributed by atoms with E-state index in [9.17, 15) is 0 Å². The Hall–Kier alpha value is -1.56. The molecule has 1 rings (SSSR count). The lowest BCUT2D eigenvalue weighted by atomic mass is 10.2. The van der Waals surface area contributed by atoms with Gasteiger partial charge in [0.15, 0.2) is 0 Å². The van der Waals surface area contributed by atoms with Crippen molar-refractivity contribution in [3.05, 3.63) is 17.5 Å². The molecule has 15 heavy (non-hydrogen) atoms. The average molecular weight is 211 g/mol. The Morgan fingerprint density at radius 3 is 3.00 bits per heavy atom. The van der Waals surface area contributed by atoms with Crippen molar-refractivity contribution in [2.75, 3.05) is 6.54 Å². The molecule has 0 atom stereocenters. The lowest BCUT2D eigenvalue weighted by Gasteiger charge is -2.02. The molecule has 0 bridgehead atoms. The molecule has 0 spiro atoms. The van der Waals surface area contributed by atoms with Crippen molar-refractivity contribution in [2.24, 2.45) is 17.9 Å². The third kappa shape index (κ3) is 3.59. The van der Waals surface area contributed by atoms with Crippen LogP contribution in [0.15, 0.2) is 11.4 Å². The number of nitrogens with zero attached hydrogens (tertiary/aromatic N) is 3. The van der Waals surface area contributed by atoms with Crippen LogP contribution in [0.2, 0.25) is 0 Å². The Morgan fingerprint density at radius 2 is 2.47 bits per heavy atom. The number of rotatable bonds is 5. The van der Waals surface area contributed by atoms with Gasteiger partial charge in [0.1, 0.15) is 5.84 Å². The van der Waals surface area contributed by atoms with E-state index in [1.807, 2.05) is 20.2 Å². The van der Waals surface area contributed by atoms with Crippen LogP contribution in [0.25, 0.3) is 0 Å². The zero-order chi connectivity index (χ0) is 11.3. The van der Waals surface area contributed by atoms with Gasteiger partial charge in [0.2, 0.25) is 0 Å². The van der Waals surface area contributed by atoms with Crippen molar-refractivity contribution < 1.29 is 5.21 Å². The Balaban J connectivity index is 2.29. The smallest absolute Gasteiger partial charge is 0.140 e. The summed E-state index contributed by atoms with van der Waals surface area (Å²) >= 11 is 0. The normalized spacial score (nSPS) is 12.0. The zero-order valence-electron chi connectivity index (χ0n) is 9.06. The molecule has 0 amide bonds. The van der Waals surface area contributed by atoms with E-state index in [0.717, 1.165) is 17.8 Å². The number of amidine groups is 1. The number of aromatic nitrogens is 2. The van der Waals surface area contributed by atoms with Gasteiger partial charge < -0.3 is 16.3 Å². The molecule has 6 nitrogen and oxygen atoms in total. The molecule has 0 unspecified atom stereocenters. The molecule has 1 aromatic heterocycles. The van der Waals surface area contributed by atoms with Gasteiger partial charge in [-0.3, -0.25) is 4.68 Å². The molecule has 4 N–H and O–H groups in total. The van der Waals surface area contributed by atoms with Gasteiger partial charge in [-0.2, -0.15) is 5.10 Å². The van der Waals surface area contributed by atoms with Crippen LogP contribution in [0.5, 0.6) is 0 Å². The van der Waals surface area contributed by atoms with Crippen molar-refractivity contribution >= 4 is 5.84 Å². The summed E-state index contributed by atoms with van der Waals surface area (Å²) in [5.74, 6) is 0.241. The largest absolute Gasteiger partial charge is 0.409 e. The van der Waals surface area contributed by atoms with E-state index < -0.39 is 0 Å². The van der Waals surface area contributed by atoms with Crippen molar-refractivity contribution in [2.45, 2.75) is 19.9 Å². The minimum atomic E-state index is 0.241. The lowest BCUT2D eigenvalue weighted by molar-refractivity contribution is 0.316. The number of aryl methyl sites for hydroxylation is 2. The highest BCUT2D eigenvalue weighted by atomic mass is 16.4. The van der Waals surface area contributed by atoms with Gasteiger partial charge in [-0.25, -0.2) is 0 Å². The number of oxime groups is 1. The summed E-state index contributed by atoms with van der Waals surface area (Å²) in [5, 5.41) is 18.6.